The van der Waals surface area contributed by atoms with Gasteiger partial charge >= 0.3 is 6.03 Å². The fraction of sp³-hybridized carbons (Fsp3) is 0.947. The van der Waals surface area contributed by atoms with Crippen LogP contribution in [0, 0.1) is 0 Å². The van der Waals surface area contributed by atoms with Crippen molar-refractivity contribution in [1.82, 2.24) is 20.4 Å². The summed E-state index contributed by atoms with van der Waals surface area (Å²) in [5, 5.41) is 6.02. The topological polar surface area (TPSA) is 66.1 Å². The minimum absolute atomic E-state index is 0.0904. The van der Waals surface area contributed by atoms with E-state index in [0.29, 0.717) is 25.2 Å². The lowest BCUT2D eigenvalue weighted by atomic mass is 10.1. The van der Waals surface area contributed by atoms with Crippen LogP contribution in [-0.2, 0) is 9.47 Å². The Kier molecular flexibility index (Phi) is 8.13. The van der Waals surface area contributed by atoms with E-state index in [9.17, 15) is 4.79 Å². The standard InChI is InChI=1S/C19H38N4O3/c1-13(22-9-15(3)25-16(4)10-22)7-20-19(24)21-8-14(2)23-11-17(5)26-18(6)12-23/h13-18H,7-12H2,1-6H3,(H2,20,21,24). The van der Waals surface area contributed by atoms with Crippen molar-refractivity contribution in [2.24, 2.45) is 0 Å². The van der Waals surface area contributed by atoms with Crippen LogP contribution in [0.4, 0.5) is 4.79 Å². The summed E-state index contributed by atoms with van der Waals surface area (Å²) in [4.78, 5) is 16.9. The zero-order valence-corrected chi connectivity index (χ0v) is 17.3. The smallest absolute Gasteiger partial charge is 0.314 e. The van der Waals surface area contributed by atoms with Gasteiger partial charge in [-0.2, -0.15) is 0 Å². The number of urea groups is 1. The number of amides is 2. The van der Waals surface area contributed by atoms with Crippen LogP contribution in [0.1, 0.15) is 41.5 Å². The van der Waals surface area contributed by atoms with Crippen molar-refractivity contribution in [3.63, 3.8) is 0 Å². The molecular formula is C19H38N4O3. The normalized spacial score (nSPS) is 33.5. The van der Waals surface area contributed by atoms with Crippen LogP contribution in [0.2, 0.25) is 0 Å². The monoisotopic (exact) mass is 370 g/mol. The SMILES string of the molecule is CC1CN(C(C)CNC(=O)NCC(C)N2CC(C)OC(C)C2)CC(C)O1. The molecule has 7 nitrogen and oxygen atoms in total. The Labute approximate surface area is 158 Å². The van der Waals surface area contributed by atoms with Crippen LogP contribution >= 0.6 is 0 Å². The van der Waals surface area contributed by atoms with Gasteiger partial charge in [-0.05, 0) is 41.5 Å². The number of carbonyl (C=O) groups is 1. The summed E-state index contributed by atoms with van der Waals surface area (Å²) in [6.45, 7) is 17.7. The molecule has 2 aliphatic heterocycles. The van der Waals surface area contributed by atoms with Gasteiger partial charge < -0.3 is 20.1 Å². The highest BCUT2D eigenvalue weighted by atomic mass is 16.5. The minimum Gasteiger partial charge on any atom is -0.373 e. The maximum Gasteiger partial charge on any atom is 0.314 e. The van der Waals surface area contributed by atoms with Gasteiger partial charge in [0.05, 0.1) is 24.4 Å². The van der Waals surface area contributed by atoms with Gasteiger partial charge in [-0.3, -0.25) is 9.80 Å². The molecule has 0 spiro atoms. The first-order chi connectivity index (χ1) is 12.2. The van der Waals surface area contributed by atoms with E-state index in [1.807, 2.05) is 0 Å². The lowest BCUT2D eigenvalue weighted by molar-refractivity contribution is -0.0780. The second-order valence-electron chi connectivity index (χ2n) is 8.21. The molecular weight excluding hydrogens is 332 g/mol. The molecule has 0 aromatic heterocycles. The fourth-order valence-electron chi connectivity index (χ4n) is 3.96. The van der Waals surface area contributed by atoms with Gasteiger partial charge in [-0.1, -0.05) is 0 Å². The Morgan fingerprint density at radius 2 is 1.12 bits per heavy atom. The van der Waals surface area contributed by atoms with Crippen LogP contribution in [0.3, 0.4) is 0 Å². The molecule has 6 unspecified atom stereocenters. The third-order valence-electron chi connectivity index (χ3n) is 5.26. The number of ether oxygens (including phenoxy) is 2. The molecule has 0 bridgehead atoms. The van der Waals surface area contributed by atoms with Crippen LogP contribution in [0.5, 0.6) is 0 Å². The van der Waals surface area contributed by atoms with Gasteiger partial charge in [-0.15, -0.1) is 0 Å². The number of morpholine rings is 2. The van der Waals surface area contributed by atoms with Crippen molar-refractivity contribution in [2.45, 2.75) is 78.0 Å². The molecule has 6 atom stereocenters. The van der Waals surface area contributed by atoms with Gasteiger partial charge in [0.15, 0.2) is 0 Å². The average Bonchev–Trinajstić information content (AvgIpc) is 2.55. The molecule has 2 fully saturated rings. The average molecular weight is 371 g/mol. The predicted molar refractivity (Wildman–Crippen MR) is 103 cm³/mol. The number of hydrogen-bond donors (Lipinski definition) is 2. The molecule has 0 aliphatic carbocycles. The Balaban J connectivity index is 1.66. The predicted octanol–water partition coefficient (Wildman–Crippen LogP) is 1.28. The number of nitrogens with zero attached hydrogens (tertiary/aromatic N) is 2. The molecule has 2 amide bonds. The van der Waals surface area contributed by atoms with Crippen molar-refractivity contribution < 1.29 is 14.3 Å². The van der Waals surface area contributed by atoms with Gasteiger partial charge in [0, 0.05) is 51.4 Å². The molecule has 0 saturated carbocycles. The molecule has 2 N–H and O–H groups in total. The Bertz CT molecular complexity index is 393. The third kappa shape index (κ3) is 6.68. The van der Waals surface area contributed by atoms with Crippen LogP contribution < -0.4 is 10.6 Å². The molecule has 2 saturated heterocycles. The second kappa shape index (κ2) is 9.88. The number of nitrogens with one attached hydrogen (secondary N) is 2. The molecule has 2 heterocycles. The van der Waals surface area contributed by atoms with Gasteiger partial charge in [0.1, 0.15) is 0 Å². The zero-order chi connectivity index (χ0) is 19.3. The Morgan fingerprint density at radius 1 is 0.808 bits per heavy atom. The summed E-state index contributed by atoms with van der Waals surface area (Å²) in [5.74, 6) is 0. The van der Waals surface area contributed by atoms with Crippen molar-refractivity contribution in [1.29, 1.82) is 0 Å². The Hall–Kier alpha value is -0.890. The summed E-state index contributed by atoms with van der Waals surface area (Å²) in [7, 11) is 0. The van der Waals surface area contributed by atoms with Crippen LogP contribution in [-0.4, -0.2) is 91.6 Å². The van der Waals surface area contributed by atoms with Crippen molar-refractivity contribution in [3.8, 4) is 0 Å². The zero-order valence-electron chi connectivity index (χ0n) is 17.3. The van der Waals surface area contributed by atoms with Gasteiger partial charge in [0.2, 0.25) is 0 Å². The quantitative estimate of drug-likeness (QED) is 0.737. The number of hydrogen-bond acceptors (Lipinski definition) is 5. The summed E-state index contributed by atoms with van der Waals surface area (Å²) in [6, 6.07) is 0.508. The largest absolute Gasteiger partial charge is 0.373 e. The van der Waals surface area contributed by atoms with E-state index in [1.165, 1.54) is 0 Å². The maximum absolute atomic E-state index is 12.2. The third-order valence-corrected chi connectivity index (χ3v) is 5.26. The summed E-state index contributed by atoms with van der Waals surface area (Å²) in [6.07, 6.45) is 0.978. The maximum atomic E-state index is 12.2. The highest BCUT2D eigenvalue weighted by molar-refractivity contribution is 5.73. The van der Waals surface area contributed by atoms with Crippen molar-refractivity contribution >= 4 is 6.03 Å². The second-order valence-corrected chi connectivity index (χ2v) is 8.21. The molecule has 0 aromatic rings. The van der Waals surface area contributed by atoms with E-state index in [-0.39, 0.29) is 30.4 Å². The summed E-state index contributed by atoms with van der Waals surface area (Å²) in [5.41, 5.74) is 0. The van der Waals surface area contributed by atoms with E-state index < -0.39 is 0 Å². The minimum atomic E-state index is -0.0904. The van der Waals surface area contributed by atoms with E-state index in [1.54, 1.807) is 0 Å². The van der Waals surface area contributed by atoms with Crippen LogP contribution in [0.25, 0.3) is 0 Å². The first kappa shape index (κ1) is 21.4. The van der Waals surface area contributed by atoms with Crippen LogP contribution in [0.15, 0.2) is 0 Å². The highest BCUT2D eigenvalue weighted by Gasteiger charge is 2.27. The lowest BCUT2D eigenvalue weighted by Crippen LogP contribution is -2.54. The fourth-order valence-corrected chi connectivity index (χ4v) is 3.96. The molecule has 2 rings (SSSR count). The molecule has 26 heavy (non-hydrogen) atoms. The molecule has 152 valence electrons. The summed E-state index contributed by atoms with van der Waals surface area (Å²) >= 11 is 0. The molecule has 0 aromatic carbocycles. The number of carbonyl (C=O) groups excluding carboxylic acids is 1. The first-order valence-electron chi connectivity index (χ1n) is 10.0. The van der Waals surface area contributed by atoms with E-state index >= 15 is 0 Å². The summed E-state index contributed by atoms with van der Waals surface area (Å²) < 4.78 is 11.5. The Morgan fingerprint density at radius 3 is 1.42 bits per heavy atom. The van der Waals surface area contributed by atoms with Crippen molar-refractivity contribution in [3.05, 3.63) is 0 Å². The van der Waals surface area contributed by atoms with Gasteiger partial charge in [0.25, 0.3) is 0 Å². The lowest BCUT2D eigenvalue weighted by Gasteiger charge is -2.39. The number of rotatable bonds is 6. The molecule has 0 radical (unpaired) electrons. The van der Waals surface area contributed by atoms with E-state index in [4.69, 9.17) is 9.47 Å². The van der Waals surface area contributed by atoms with E-state index in [2.05, 4.69) is 62.0 Å². The first-order valence-corrected chi connectivity index (χ1v) is 10.0. The molecule has 7 heteroatoms. The van der Waals surface area contributed by atoms with Crippen molar-refractivity contribution in [2.75, 3.05) is 39.3 Å². The van der Waals surface area contributed by atoms with Gasteiger partial charge in [-0.25, -0.2) is 4.79 Å². The molecule has 2 aliphatic rings. The van der Waals surface area contributed by atoms with E-state index in [0.717, 1.165) is 26.2 Å². The highest BCUT2D eigenvalue weighted by Crippen LogP contribution is 2.14.